The fourth-order valence-electron chi connectivity index (χ4n) is 3.42. The molecule has 0 saturated heterocycles. The van der Waals surface area contributed by atoms with Crippen LogP contribution in [0.2, 0.25) is 10.0 Å². The van der Waals surface area contributed by atoms with Crippen molar-refractivity contribution in [3.63, 3.8) is 0 Å². The Balaban J connectivity index is 1.31. The Kier molecular flexibility index (Phi) is 6.16. The Labute approximate surface area is 194 Å². The van der Waals surface area contributed by atoms with E-state index in [9.17, 15) is 0 Å². The standard InChI is InChI=1S/C22H21Cl2N3O3S/c23-16-4-1-2-5-18(16)30-12-20-25-26-22(27(20)15-6-7-15)31-13-14-10-17(24)21-19(11-14)28-8-3-9-29-21/h1-2,4-5,10-11,15H,3,6-9,12-13H2. The molecule has 5 rings (SSSR count). The average molecular weight is 478 g/mol. The third kappa shape index (κ3) is 4.73. The van der Waals surface area contributed by atoms with Gasteiger partial charge in [-0.2, -0.15) is 0 Å². The van der Waals surface area contributed by atoms with E-state index in [4.69, 9.17) is 37.4 Å². The maximum Gasteiger partial charge on any atom is 0.191 e. The maximum atomic E-state index is 6.43. The normalized spacial score (nSPS) is 15.5. The minimum absolute atomic E-state index is 0.323. The Morgan fingerprint density at radius 2 is 1.90 bits per heavy atom. The van der Waals surface area contributed by atoms with Crippen LogP contribution < -0.4 is 14.2 Å². The molecule has 2 heterocycles. The number of halogens is 2. The lowest BCUT2D eigenvalue weighted by atomic mass is 10.2. The molecule has 0 radical (unpaired) electrons. The van der Waals surface area contributed by atoms with Crippen molar-refractivity contribution in [2.45, 2.75) is 42.8 Å². The molecular weight excluding hydrogens is 457 g/mol. The van der Waals surface area contributed by atoms with Crippen LogP contribution in [0.4, 0.5) is 0 Å². The number of rotatable bonds is 7. The van der Waals surface area contributed by atoms with E-state index in [1.807, 2.05) is 36.4 Å². The summed E-state index contributed by atoms with van der Waals surface area (Å²) in [4.78, 5) is 0. The van der Waals surface area contributed by atoms with Gasteiger partial charge in [0.05, 0.1) is 23.3 Å². The SMILES string of the molecule is Clc1ccccc1OCc1nnc(SCc2cc(Cl)c3c(c2)OCCCO3)n1C1CC1. The van der Waals surface area contributed by atoms with Crippen LogP contribution >= 0.6 is 35.0 Å². The molecular formula is C22H21Cl2N3O3S. The third-order valence-electron chi connectivity index (χ3n) is 5.07. The van der Waals surface area contributed by atoms with Gasteiger partial charge in [0, 0.05) is 18.2 Å². The summed E-state index contributed by atoms with van der Waals surface area (Å²) in [7, 11) is 0. The predicted molar refractivity (Wildman–Crippen MR) is 121 cm³/mol. The first-order chi connectivity index (χ1) is 15.2. The lowest BCUT2D eigenvalue weighted by Crippen LogP contribution is -2.07. The van der Waals surface area contributed by atoms with Gasteiger partial charge in [-0.25, -0.2) is 0 Å². The summed E-state index contributed by atoms with van der Waals surface area (Å²) in [5, 5.41) is 10.9. The number of nitrogens with zero attached hydrogens (tertiary/aromatic N) is 3. The second-order valence-corrected chi connectivity index (χ2v) is 9.22. The van der Waals surface area contributed by atoms with E-state index < -0.39 is 0 Å². The van der Waals surface area contributed by atoms with E-state index in [0.29, 0.717) is 58.9 Å². The molecule has 0 N–H and O–H groups in total. The number of ether oxygens (including phenoxy) is 3. The highest BCUT2D eigenvalue weighted by Gasteiger charge is 2.30. The number of para-hydroxylation sites is 1. The molecule has 0 unspecified atom stereocenters. The largest absolute Gasteiger partial charge is 0.489 e. The Bertz CT molecular complexity index is 1090. The Morgan fingerprint density at radius 1 is 1.06 bits per heavy atom. The predicted octanol–water partition coefficient (Wildman–Crippen LogP) is 5.95. The highest BCUT2D eigenvalue weighted by atomic mass is 35.5. The van der Waals surface area contributed by atoms with Crippen molar-refractivity contribution < 1.29 is 14.2 Å². The zero-order valence-electron chi connectivity index (χ0n) is 16.7. The molecule has 1 aromatic heterocycles. The van der Waals surface area contributed by atoms with Crippen molar-refractivity contribution in [1.82, 2.24) is 14.8 Å². The van der Waals surface area contributed by atoms with Gasteiger partial charge in [-0.3, -0.25) is 4.57 Å². The number of hydrogen-bond donors (Lipinski definition) is 0. The fourth-order valence-corrected chi connectivity index (χ4v) is 4.86. The third-order valence-corrected chi connectivity index (χ3v) is 6.68. The number of hydrogen-bond acceptors (Lipinski definition) is 6. The van der Waals surface area contributed by atoms with Crippen LogP contribution in [0.15, 0.2) is 41.6 Å². The van der Waals surface area contributed by atoms with Gasteiger partial charge in [0.1, 0.15) is 12.4 Å². The van der Waals surface area contributed by atoms with Crippen molar-refractivity contribution in [3.05, 3.63) is 57.8 Å². The first-order valence-corrected chi connectivity index (χ1v) is 11.9. The molecule has 9 heteroatoms. The van der Waals surface area contributed by atoms with Crippen molar-refractivity contribution >= 4 is 35.0 Å². The van der Waals surface area contributed by atoms with Gasteiger partial charge >= 0.3 is 0 Å². The highest BCUT2D eigenvalue weighted by molar-refractivity contribution is 7.98. The molecule has 1 saturated carbocycles. The van der Waals surface area contributed by atoms with Gasteiger partial charge in [-0.1, -0.05) is 47.1 Å². The number of aromatic nitrogens is 3. The van der Waals surface area contributed by atoms with Gasteiger partial charge < -0.3 is 14.2 Å². The van der Waals surface area contributed by atoms with Crippen molar-refractivity contribution in [2.75, 3.05) is 13.2 Å². The molecule has 1 aliphatic carbocycles. The van der Waals surface area contributed by atoms with Crippen molar-refractivity contribution in [3.8, 4) is 17.2 Å². The van der Waals surface area contributed by atoms with E-state index >= 15 is 0 Å². The van der Waals surface area contributed by atoms with Gasteiger partial charge in [-0.05, 0) is 42.7 Å². The monoisotopic (exact) mass is 477 g/mol. The Hall–Kier alpha value is -2.09. The minimum atomic E-state index is 0.323. The quantitative estimate of drug-likeness (QED) is 0.391. The van der Waals surface area contributed by atoms with Crippen LogP contribution in [0.1, 0.15) is 36.7 Å². The molecule has 162 valence electrons. The molecule has 0 amide bonds. The molecule has 2 aliphatic rings. The zero-order valence-corrected chi connectivity index (χ0v) is 19.1. The summed E-state index contributed by atoms with van der Waals surface area (Å²) in [5.41, 5.74) is 1.05. The highest BCUT2D eigenvalue weighted by Crippen LogP contribution is 2.41. The lowest BCUT2D eigenvalue weighted by Gasteiger charge is -2.12. The van der Waals surface area contributed by atoms with Crippen LogP contribution in [0.25, 0.3) is 0 Å². The summed E-state index contributed by atoms with van der Waals surface area (Å²) < 4.78 is 19.6. The van der Waals surface area contributed by atoms with Gasteiger partial charge in [0.2, 0.25) is 0 Å². The number of benzene rings is 2. The summed E-state index contributed by atoms with van der Waals surface area (Å²) >= 11 is 14.3. The smallest absolute Gasteiger partial charge is 0.191 e. The van der Waals surface area contributed by atoms with E-state index in [0.717, 1.165) is 35.8 Å². The van der Waals surface area contributed by atoms with Crippen LogP contribution in [0, 0.1) is 0 Å². The molecule has 31 heavy (non-hydrogen) atoms. The first-order valence-electron chi connectivity index (χ1n) is 10.2. The van der Waals surface area contributed by atoms with Gasteiger partial charge in [-0.15, -0.1) is 10.2 Å². The summed E-state index contributed by atoms with van der Waals surface area (Å²) in [6.07, 6.45) is 3.10. The zero-order chi connectivity index (χ0) is 21.2. The second kappa shape index (κ2) is 9.18. The summed E-state index contributed by atoms with van der Waals surface area (Å²) in [6.45, 7) is 1.57. The minimum Gasteiger partial charge on any atom is -0.489 e. The van der Waals surface area contributed by atoms with E-state index in [2.05, 4.69) is 14.8 Å². The topological polar surface area (TPSA) is 58.4 Å². The van der Waals surface area contributed by atoms with Crippen molar-refractivity contribution in [1.29, 1.82) is 0 Å². The molecule has 0 atom stereocenters. The first kappa shape index (κ1) is 20.8. The van der Waals surface area contributed by atoms with Crippen LogP contribution in [0.3, 0.4) is 0 Å². The molecule has 1 aliphatic heterocycles. The maximum absolute atomic E-state index is 6.43. The van der Waals surface area contributed by atoms with Crippen LogP contribution in [-0.4, -0.2) is 28.0 Å². The van der Waals surface area contributed by atoms with E-state index in [1.54, 1.807) is 11.8 Å². The van der Waals surface area contributed by atoms with Crippen LogP contribution in [0.5, 0.6) is 17.2 Å². The lowest BCUT2D eigenvalue weighted by molar-refractivity contribution is 0.288. The molecule has 2 aromatic carbocycles. The van der Waals surface area contributed by atoms with Crippen LogP contribution in [-0.2, 0) is 12.4 Å². The molecule has 0 bridgehead atoms. The van der Waals surface area contributed by atoms with E-state index in [-0.39, 0.29) is 0 Å². The molecule has 6 nitrogen and oxygen atoms in total. The number of fused-ring (bicyclic) bond motifs is 1. The fraction of sp³-hybridized carbons (Fsp3) is 0.364. The summed E-state index contributed by atoms with van der Waals surface area (Å²) in [5.74, 6) is 3.49. The average Bonchev–Trinajstić information content (AvgIpc) is 3.56. The summed E-state index contributed by atoms with van der Waals surface area (Å²) in [6, 6.07) is 11.8. The van der Waals surface area contributed by atoms with Gasteiger partial charge in [0.25, 0.3) is 0 Å². The van der Waals surface area contributed by atoms with Gasteiger partial charge in [0.15, 0.2) is 22.5 Å². The Morgan fingerprint density at radius 3 is 2.74 bits per heavy atom. The molecule has 0 spiro atoms. The van der Waals surface area contributed by atoms with E-state index in [1.165, 1.54) is 0 Å². The second-order valence-electron chi connectivity index (χ2n) is 7.46. The molecule has 1 fully saturated rings. The molecule has 3 aromatic rings. The number of thioether (sulfide) groups is 1. The van der Waals surface area contributed by atoms with Crippen molar-refractivity contribution in [2.24, 2.45) is 0 Å².